The summed E-state index contributed by atoms with van der Waals surface area (Å²) in [5.41, 5.74) is 6.95. The average molecular weight is 287 g/mol. The van der Waals surface area contributed by atoms with Gasteiger partial charge in [0.2, 0.25) is 0 Å². The van der Waals surface area contributed by atoms with Crippen molar-refractivity contribution in [3.63, 3.8) is 0 Å². The zero-order valence-corrected chi connectivity index (χ0v) is 11.2. The summed E-state index contributed by atoms with van der Waals surface area (Å²) in [4.78, 5) is 12.0. The first-order chi connectivity index (χ1) is 9.70. The van der Waals surface area contributed by atoms with E-state index in [0.717, 1.165) is 0 Å². The Balaban J connectivity index is 2.20. The molecule has 2 aromatic rings. The SMILES string of the molecule is NCC#Cc1cc(NC(=O)c2ccnnc2)ccc1Cl. The minimum atomic E-state index is -0.278. The number of carbonyl (C=O) groups is 1. The number of anilines is 1. The normalized spacial score (nSPS) is 9.50. The van der Waals surface area contributed by atoms with Crippen molar-refractivity contribution in [3.05, 3.63) is 52.8 Å². The highest BCUT2D eigenvalue weighted by molar-refractivity contribution is 6.31. The van der Waals surface area contributed by atoms with Crippen molar-refractivity contribution in [2.45, 2.75) is 0 Å². The molecule has 0 radical (unpaired) electrons. The molecule has 0 saturated carbocycles. The summed E-state index contributed by atoms with van der Waals surface area (Å²) in [5, 5.41) is 10.5. The molecule has 3 N–H and O–H groups in total. The second-order valence-corrected chi connectivity index (χ2v) is 4.19. The van der Waals surface area contributed by atoms with Crippen molar-refractivity contribution < 1.29 is 4.79 Å². The number of aromatic nitrogens is 2. The van der Waals surface area contributed by atoms with E-state index in [1.165, 1.54) is 12.4 Å². The molecule has 1 aromatic heterocycles. The van der Waals surface area contributed by atoms with Gasteiger partial charge in [0.1, 0.15) is 0 Å². The molecular weight excluding hydrogens is 276 g/mol. The molecule has 1 heterocycles. The Morgan fingerprint density at radius 1 is 1.35 bits per heavy atom. The molecule has 20 heavy (non-hydrogen) atoms. The van der Waals surface area contributed by atoms with E-state index in [2.05, 4.69) is 27.4 Å². The first-order valence-electron chi connectivity index (χ1n) is 5.77. The lowest BCUT2D eigenvalue weighted by atomic mass is 10.2. The van der Waals surface area contributed by atoms with E-state index < -0.39 is 0 Å². The maximum Gasteiger partial charge on any atom is 0.257 e. The van der Waals surface area contributed by atoms with Crippen LogP contribution in [0.2, 0.25) is 5.02 Å². The summed E-state index contributed by atoms with van der Waals surface area (Å²) >= 11 is 6.01. The predicted molar refractivity (Wildman–Crippen MR) is 77.4 cm³/mol. The van der Waals surface area contributed by atoms with Crippen LogP contribution in [0.3, 0.4) is 0 Å². The molecule has 0 saturated heterocycles. The molecule has 0 aliphatic heterocycles. The van der Waals surface area contributed by atoms with Gasteiger partial charge in [-0.2, -0.15) is 10.2 Å². The second-order valence-electron chi connectivity index (χ2n) is 3.79. The van der Waals surface area contributed by atoms with Gasteiger partial charge in [0, 0.05) is 11.3 Å². The van der Waals surface area contributed by atoms with Gasteiger partial charge < -0.3 is 11.1 Å². The van der Waals surface area contributed by atoms with Gasteiger partial charge in [-0.3, -0.25) is 4.79 Å². The number of amides is 1. The lowest BCUT2D eigenvalue weighted by molar-refractivity contribution is 0.102. The minimum absolute atomic E-state index is 0.246. The maximum atomic E-state index is 12.0. The first kappa shape index (κ1) is 14.0. The molecule has 1 amide bonds. The van der Waals surface area contributed by atoms with Gasteiger partial charge in [-0.1, -0.05) is 23.4 Å². The van der Waals surface area contributed by atoms with Crippen molar-refractivity contribution in [1.29, 1.82) is 0 Å². The largest absolute Gasteiger partial charge is 0.322 e. The van der Waals surface area contributed by atoms with E-state index in [1.54, 1.807) is 24.3 Å². The Hall–Kier alpha value is -2.42. The molecular formula is C14H11ClN4O. The van der Waals surface area contributed by atoms with Crippen molar-refractivity contribution in [1.82, 2.24) is 10.2 Å². The highest BCUT2D eigenvalue weighted by Crippen LogP contribution is 2.20. The third-order valence-electron chi connectivity index (χ3n) is 2.40. The topological polar surface area (TPSA) is 80.9 Å². The summed E-state index contributed by atoms with van der Waals surface area (Å²) < 4.78 is 0. The highest BCUT2D eigenvalue weighted by atomic mass is 35.5. The quantitative estimate of drug-likeness (QED) is 0.823. The van der Waals surface area contributed by atoms with E-state index in [1.807, 2.05) is 0 Å². The molecule has 1 aromatic carbocycles. The van der Waals surface area contributed by atoms with Crippen LogP contribution in [0, 0.1) is 11.8 Å². The molecule has 6 heteroatoms. The number of halogens is 1. The van der Waals surface area contributed by atoms with Crippen LogP contribution in [-0.4, -0.2) is 22.6 Å². The Labute approximate surface area is 121 Å². The van der Waals surface area contributed by atoms with Crippen molar-refractivity contribution >= 4 is 23.2 Å². The van der Waals surface area contributed by atoms with Gasteiger partial charge in [-0.15, -0.1) is 0 Å². The van der Waals surface area contributed by atoms with Crippen LogP contribution in [0.15, 0.2) is 36.7 Å². The Kier molecular flexibility index (Phi) is 4.66. The fourth-order valence-corrected chi connectivity index (χ4v) is 1.64. The predicted octanol–water partition coefficient (Wildman–Crippen LogP) is 1.69. The smallest absolute Gasteiger partial charge is 0.257 e. The van der Waals surface area contributed by atoms with Gasteiger partial charge in [-0.25, -0.2) is 0 Å². The number of hydrogen-bond donors (Lipinski definition) is 2. The molecule has 0 aliphatic carbocycles. The fourth-order valence-electron chi connectivity index (χ4n) is 1.47. The van der Waals surface area contributed by atoms with Crippen LogP contribution in [0.1, 0.15) is 15.9 Å². The summed E-state index contributed by atoms with van der Waals surface area (Å²) in [6.07, 6.45) is 2.84. The van der Waals surface area contributed by atoms with Gasteiger partial charge in [0.25, 0.3) is 5.91 Å². The Morgan fingerprint density at radius 3 is 2.90 bits per heavy atom. The van der Waals surface area contributed by atoms with E-state index in [9.17, 15) is 4.79 Å². The maximum absolute atomic E-state index is 12.0. The molecule has 0 unspecified atom stereocenters. The number of nitrogens with two attached hydrogens (primary N) is 1. The molecule has 0 fully saturated rings. The van der Waals surface area contributed by atoms with Crippen LogP contribution >= 0.6 is 11.6 Å². The van der Waals surface area contributed by atoms with Crippen LogP contribution in [-0.2, 0) is 0 Å². The molecule has 0 atom stereocenters. The zero-order valence-electron chi connectivity index (χ0n) is 10.4. The molecule has 5 nitrogen and oxygen atoms in total. The monoisotopic (exact) mass is 286 g/mol. The zero-order chi connectivity index (χ0) is 14.4. The number of carbonyl (C=O) groups excluding carboxylic acids is 1. The lowest BCUT2D eigenvalue weighted by Crippen LogP contribution is -2.12. The summed E-state index contributed by atoms with van der Waals surface area (Å²) in [6, 6.07) is 6.63. The van der Waals surface area contributed by atoms with Gasteiger partial charge in [0.15, 0.2) is 0 Å². The number of nitrogens with one attached hydrogen (secondary N) is 1. The lowest BCUT2D eigenvalue weighted by Gasteiger charge is -2.06. The number of nitrogens with zero attached hydrogens (tertiary/aromatic N) is 2. The van der Waals surface area contributed by atoms with Crippen molar-refractivity contribution in [2.75, 3.05) is 11.9 Å². The summed E-state index contributed by atoms with van der Waals surface area (Å²) in [7, 11) is 0. The van der Waals surface area contributed by atoms with Crippen molar-refractivity contribution in [3.8, 4) is 11.8 Å². The van der Waals surface area contributed by atoms with E-state index in [0.29, 0.717) is 21.8 Å². The average Bonchev–Trinajstić information content (AvgIpc) is 2.48. The van der Waals surface area contributed by atoms with Gasteiger partial charge in [0.05, 0.1) is 29.5 Å². The molecule has 0 bridgehead atoms. The molecule has 0 spiro atoms. The Morgan fingerprint density at radius 2 is 2.20 bits per heavy atom. The Bertz CT molecular complexity index is 677. The van der Waals surface area contributed by atoms with E-state index >= 15 is 0 Å². The van der Waals surface area contributed by atoms with Crippen LogP contribution < -0.4 is 11.1 Å². The molecule has 100 valence electrons. The third kappa shape index (κ3) is 3.54. The van der Waals surface area contributed by atoms with Crippen molar-refractivity contribution in [2.24, 2.45) is 5.73 Å². The van der Waals surface area contributed by atoms with E-state index in [-0.39, 0.29) is 12.5 Å². The number of benzene rings is 1. The minimum Gasteiger partial charge on any atom is -0.322 e. The van der Waals surface area contributed by atoms with Crippen LogP contribution in [0.5, 0.6) is 0 Å². The molecule has 2 rings (SSSR count). The summed E-state index contributed by atoms with van der Waals surface area (Å²) in [6.45, 7) is 0.246. The van der Waals surface area contributed by atoms with Gasteiger partial charge in [-0.05, 0) is 24.3 Å². The highest BCUT2D eigenvalue weighted by Gasteiger charge is 2.07. The van der Waals surface area contributed by atoms with E-state index in [4.69, 9.17) is 17.3 Å². The third-order valence-corrected chi connectivity index (χ3v) is 2.73. The number of rotatable bonds is 2. The molecule has 0 aliphatic rings. The standard InChI is InChI=1S/C14H11ClN4O/c15-13-4-3-12(8-10(13)2-1-6-16)19-14(20)11-5-7-17-18-9-11/h3-5,7-9H,6,16H2,(H,19,20). The first-order valence-corrected chi connectivity index (χ1v) is 6.15. The summed E-state index contributed by atoms with van der Waals surface area (Å²) in [5.74, 6) is 5.29. The van der Waals surface area contributed by atoms with Gasteiger partial charge >= 0.3 is 0 Å². The fraction of sp³-hybridized carbons (Fsp3) is 0.0714. The second kappa shape index (κ2) is 6.66. The number of hydrogen-bond acceptors (Lipinski definition) is 4. The van der Waals surface area contributed by atoms with Crippen LogP contribution in [0.4, 0.5) is 5.69 Å². The van der Waals surface area contributed by atoms with Crippen LogP contribution in [0.25, 0.3) is 0 Å².